The van der Waals surface area contributed by atoms with Gasteiger partial charge in [0.05, 0.1) is 0 Å². The van der Waals surface area contributed by atoms with Gasteiger partial charge in [-0.2, -0.15) is 0 Å². The highest BCUT2D eigenvalue weighted by Crippen LogP contribution is 2.13. The van der Waals surface area contributed by atoms with Crippen molar-refractivity contribution in [3.05, 3.63) is 65.0 Å². The molecule has 1 aromatic carbocycles. The Balaban J connectivity index is 2.05. The number of nitrogens with one attached hydrogen (secondary N) is 1. The molecule has 0 saturated carbocycles. The zero-order valence-corrected chi connectivity index (χ0v) is 11.9. The molecule has 0 aliphatic heterocycles. The van der Waals surface area contributed by atoms with Gasteiger partial charge in [0.1, 0.15) is 11.6 Å². The standard InChI is InChI=1S/C16H19F2N3/c1-2-11-3-6-14(20-10-11)9-15(21-19)7-12-4-5-13(17)8-16(12)18/h3-6,8,10,15,21H,2,7,9,19H2,1H3. The second-order valence-corrected chi connectivity index (χ2v) is 5.02. The van der Waals surface area contributed by atoms with Crippen molar-refractivity contribution < 1.29 is 8.78 Å². The summed E-state index contributed by atoms with van der Waals surface area (Å²) >= 11 is 0. The molecule has 0 saturated heterocycles. The number of aryl methyl sites for hydroxylation is 1. The molecular weight excluding hydrogens is 272 g/mol. The second-order valence-electron chi connectivity index (χ2n) is 5.02. The summed E-state index contributed by atoms with van der Waals surface area (Å²) in [7, 11) is 0. The molecule has 2 aromatic rings. The number of nitrogens with two attached hydrogens (primary N) is 1. The fourth-order valence-electron chi connectivity index (χ4n) is 2.18. The minimum atomic E-state index is -0.578. The SMILES string of the molecule is CCc1ccc(CC(Cc2ccc(F)cc2F)NN)nc1. The van der Waals surface area contributed by atoms with Crippen LogP contribution in [0, 0.1) is 11.6 Å². The number of hydrazine groups is 1. The minimum absolute atomic E-state index is 0.162. The third-order valence-corrected chi connectivity index (χ3v) is 3.47. The Hall–Kier alpha value is -1.85. The van der Waals surface area contributed by atoms with E-state index >= 15 is 0 Å². The lowest BCUT2D eigenvalue weighted by Crippen LogP contribution is -2.38. The van der Waals surface area contributed by atoms with E-state index in [-0.39, 0.29) is 6.04 Å². The van der Waals surface area contributed by atoms with E-state index in [4.69, 9.17) is 5.84 Å². The van der Waals surface area contributed by atoms with Crippen LogP contribution >= 0.6 is 0 Å². The topological polar surface area (TPSA) is 50.9 Å². The van der Waals surface area contributed by atoms with Crippen LogP contribution in [0.15, 0.2) is 36.5 Å². The molecular formula is C16H19F2N3. The Morgan fingerprint density at radius 2 is 2.00 bits per heavy atom. The summed E-state index contributed by atoms with van der Waals surface area (Å²) in [6.07, 6.45) is 3.73. The molecule has 3 N–H and O–H groups in total. The van der Waals surface area contributed by atoms with E-state index in [1.807, 2.05) is 18.3 Å². The highest BCUT2D eigenvalue weighted by Gasteiger charge is 2.13. The van der Waals surface area contributed by atoms with E-state index in [0.717, 1.165) is 18.2 Å². The maximum absolute atomic E-state index is 13.7. The second kappa shape index (κ2) is 7.24. The van der Waals surface area contributed by atoms with E-state index in [0.29, 0.717) is 18.4 Å². The van der Waals surface area contributed by atoms with Crippen LogP contribution in [0.2, 0.25) is 0 Å². The maximum Gasteiger partial charge on any atom is 0.129 e. The quantitative estimate of drug-likeness (QED) is 0.635. The van der Waals surface area contributed by atoms with Gasteiger partial charge in [-0.3, -0.25) is 16.3 Å². The largest absolute Gasteiger partial charge is 0.271 e. The molecule has 1 aromatic heterocycles. The van der Waals surface area contributed by atoms with Gasteiger partial charge < -0.3 is 0 Å². The number of halogens is 2. The molecule has 0 aliphatic carbocycles. The van der Waals surface area contributed by atoms with Crippen molar-refractivity contribution in [3.63, 3.8) is 0 Å². The Morgan fingerprint density at radius 1 is 1.19 bits per heavy atom. The van der Waals surface area contributed by atoms with Gasteiger partial charge in [0.2, 0.25) is 0 Å². The van der Waals surface area contributed by atoms with Crippen molar-refractivity contribution in [2.75, 3.05) is 0 Å². The summed E-state index contributed by atoms with van der Waals surface area (Å²) in [4.78, 5) is 4.37. The smallest absolute Gasteiger partial charge is 0.129 e. The third kappa shape index (κ3) is 4.31. The maximum atomic E-state index is 13.7. The molecule has 112 valence electrons. The summed E-state index contributed by atoms with van der Waals surface area (Å²) < 4.78 is 26.6. The van der Waals surface area contributed by atoms with Crippen LogP contribution in [0.5, 0.6) is 0 Å². The molecule has 5 heteroatoms. The Labute approximate surface area is 123 Å². The van der Waals surface area contributed by atoms with Gasteiger partial charge >= 0.3 is 0 Å². The normalized spacial score (nSPS) is 12.4. The van der Waals surface area contributed by atoms with Crippen LogP contribution in [0.4, 0.5) is 8.78 Å². The number of benzene rings is 1. The van der Waals surface area contributed by atoms with Gasteiger partial charge in [-0.25, -0.2) is 8.78 Å². The van der Waals surface area contributed by atoms with Gasteiger partial charge in [0.15, 0.2) is 0 Å². The summed E-state index contributed by atoms with van der Waals surface area (Å²) in [6, 6.07) is 7.39. The molecule has 0 radical (unpaired) electrons. The predicted molar refractivity (Wildman–Crippen MR) is 78.5 cm³/mol. The van der Waals surface area contributed by atoms with Crippen LogP contribution < -0.4 is 11.3 Å². The summed E-state index contributed by atoms with van der Waals surface area (Å²) in [5.74, 6) is 4.40. The molecule has 2 rings (SSSR count). The lowest BCUT2D eigenvalue weighted by atomic mass is 10.0. The molecule has 0 bridgehead atoms. The van der Waals surface area contributed by atoms with Gasteiger partial charge in [-0.1, -0.05) is 19.1 Å². The molecule has 0 spiro atoms. The van der Waals surface area contributed by atoms with Crippen LogP contribution in [-0.4, -0.2) is 11.0 Å². The van der Waals surface area contributed by atoms with E-state index in [1.54, 1.807) is 0 Å². The first-order valence-corrected chi connectivity index (χ1v) is 6.96. The molecule has 1 unspecified atom stereocenters. The van der Waals surface area contributed by atoms with Gasteiger partial charge in [-0.15, -0.1) is 0 Å². The van der Waals surface area contributed by atoms with Crippen LogP contribution in [-0.2, 0) is 19.3 Å². The van der Waals surface area contributed by atoms with Crippen molar-refractivity contribution in [1.29, 1.82) is 0 Å². The number of nitrogens with zero attached hydrogens (tertiary/aromatic N) is 1. The van der Waals surface area contributed by atoms with Crippen molar-refractivity contribution in [2.24, 2.45) is 5.84 Å². The highest BCUT2D eigenvalue weighted by atomic mass is 19.1. The lowest BCUT2D eigenvalue weighted by Gasteiger charge is -2.16. The zero-order chi connectivity index (χ0) is 15.2. The Kier molecular flexibility index (Phi) is 5.36. The number of aromatic nitrogens is 1. The van der Waals surface area contributed by atoms with Crippen LogP contribution in [0.3, 0.4) is 0 Å². The van der Waals surface area contributed by atoms with Crippen LogP contribution in [0.25, 0.3) is 0 Å². The Bertz CT molecular complexity index is 585. The first-order chi connectivity index (χ1) is 10.1. The van der Waals surface area contributed by atoms with Gasteiger partial charge in [0, 0.05) is 30.4 Å². The fourth-order valence-corrected chi connectivity index (χ4v) is 2.18. The van der Waals surface area contributed by atoms with Crippen molar-refractivity contribution >= 4 is 0 Å². The van der Waals surface area contributed by atoms with Crippen molar-refractivity contribution in [2.45, 2.75) is 32.2 Å². The van der Waals surface area contributed by atoms with Crippen LogP contribution in [0.1, 0.15) is 23.7 Å². The number of rotatable bonds is 6. The molecule has 0 amide bonds. The lowest BCUT2D eigenvalue weighted by molar-refractivity contribution is 0.498. The summed E-state index contributed by atoms with van der Waals surface area (Å²) in [6.45, 7) is 2.07. The Morgan fingerprint density at radius 3 is 2.57 bits per heavy atom. The van der Waals surface area contributed by atoms with Gasteiger partial charge in [0.25, 0.3) is 0 Å². The van der Waals surface area contributed by atoms with E-state index in [2.05, 4.69) is 17.3 Å². The zero-order valence-electron chi connectivity index (χ0n) is 11.9. The minimum Gasteiger partial charge on any atom is -0.271 e. The van der Waals surface area contributed by atoms with Gasteiger partial charge in [-0.05, 0) is 36.1 Å². The molecule has 3 nitrogen and oxygen atoms in total. The fraction of sp³-hybridized carbons (Fsp3) is 0.312. The monoisotopic (exact) mass is 291 g/mol. The average molecular weight is 291 g/mol. The molecule has 1 atom stereocenters. The number of hydrogen-bond acceptors (Lipinski definition) is 3. The van der Waals surface area contributed by atoms with E-state index in [1.165, 1.54) is 17.7 Å². The first-order valence-electron chi connectivity index (χ1n) is 6.96. The number of pyridine rings is 1. The number of hydrogen-bond donors (Lipinski definition) is 2. The first kappa shape index (κ1) is 15.5. The molecule has 1 heterocycles. The average Bonchev–Trinajstić information content (AvgIpc) is 2.49. The van der Waals surface area contributed by atoms with Crippen molar-refractivity contribution in [3.8, 4) is 0 Å². The summed E-state index contributed by atoms with van der Waals surface area (Å²) in [5.41, 5.74) is 5.16. The summed E-state index contributed by atoms with van der Waals surface area (Å²) in [5, 5.41) is 0. The molecule has 0 fully saturated rings. The van der Waals surface area contributed by atoms with E-state index < -0.39 is 11.6 Å². The molecule has 0 aliphatic rings. The third-order valence-electron chi connectivity index (χ3n) is 3.47. The van der Waals surface area contributed by atoms with Crippen molar-refractivity contribution in [1.82, 2.24) is 10.4 Å². The highest BCUT2D eigenvalue weighted by molar-refractivity contribution is 5.21. The van der Waals surface area contributed by atoms with E-state index in [9.17, 15) is 8.78 Å². The molecule has 21 heavy (non-hydrogen) atoms. The predicted octanol–water partition coefficient (Wildman–Crippen LogP) is 2.54.